The Labute approximate surface area is 120 Å². The van der Waals surface area contributed by atoms with Gasteiger partial charge in [0.2, 0.25) is 5.91 Å². The average molecular weight is 326 g/mol. The Hall–Kier alpha value is -0.480. The van der Waals surface area contributed by atoms with Gasteiger partial charge >= 0.3 is 0 Å². The largest absolute Gasteiger partial charge is 0.341 e. The van der Waals surface area contributed by atoms with Gasteiger partial charge in [0.1, 0.15) is 0 Å². The van der Waals surface area contributed by atoms with Crippen LogP contribution in [-0.4, -0.2) is 34.5 Å². The molecule has 18 heavy (non-hydrogen) atoms. The van der Waals surface area contributed by atoms with E-state index in [1.54, 1.807) is 11.8 Å². The van der Waals surface area contributed by atoms with Crippen molar-refractivity contribution in [1.82, 2.24) is 4.90 Å². The lowest BCUT2D eigenvalue weighted by molar-refractivity contribution is -0.129. The fourth-order valence-electron chi connectivity index (χ4n) is 2.68. The highest BCUT2D eigenvalue weighted by molar-refractivity contribution is 9.09. The van der Waals surface area contributed by atoms with E-state index in [0.29, 0.717) is 11.8 Å². The summed E-state index contributed by atoms with van der Waals surface area (Å²) in [5.41, 5.74) is 1.33. The van der Waals surface area contributed by atoms with Crippen LogP contribution in [0.4, 0.5) is 0 Å². The quantitative estimate of drug-likeness (QED) is 0.779. The number of alkyl halides is 1. The van der Waals surface area contributed by atoms with Crippen LogP contribution in [0.15, 0.2) is 29.2 Å². The van der Waals surface area contributed by atoms with Crippen molar-refractivity contribution >= 4 is 33.6 Å². The van der Waals surface area contributed by atoms with Crippen LogP contribution < -0.4 is 0 Å². The minimum Gasteiger partial charge on any atom is -0.341 e. The second kappa shape index (κ2) is 5.25. The topological polar surface area (TPSA) is 20.3 Å². The minimum absolute atomic E-state index is 0.108. The summed E-state index contributed by atoms with van der Waals surface area (Å²) in [7, 11) is 0. The molecule has 2 aliphatic rings. The fraction of sp³-hybridized carbons (Fsp3) is 0.500. The van der Waals surface area contributed by atoms with Crippen LogP contribution in [0.2, 0.25) is 0 Å². The summed E-state index contributed by atoms with van der Waals surface area (Å²) >= 11 is 5.25. The van der Waals surface area contributed by atoms with Crippen LogP contribution in [0.25, 0.3) is 0 Å². The van der Waals surface area contributed by atoms with E-state index in [9.17, 15) is 4.79 Å². The van der Waals surface area contributed by atoms with Crippen LogP contribution >= 0.6 is 27.7 Å². The van der Waals surface area contributed by atoms with E-state index in [-0.39, 0.29) is 5.25 Å². The summed E-state index contributed by atoms with van der Waals surface area (Å²) in [6.07, 6.45) is 2.04. The van der Waals surface area contributed by atoms with Crippen molar-refractivity contribution in [1.29, 1.82) is 0 Å². The van der Waals surface area contributed by atoms with Gasteiger partial charge in [-0.05, 0) is 30.4 Å². The van der Waals surface area contributed by atoms with Crippen LogP contribution in [0.3, 0.4) is 0 Å². The van der Waals surface area contributed by atoms with Crippen LogP contribution in [-0.2, 0) is 11.2 Å². The number of carbonyl (C=O) groups is 1. The average Bonchev–Trinajstić information content (AvgIpc) is 3.04. The lowest BCUT2D eigenvalue weighted by Gasteiger charge is -2.19. The molecule has 2 atom stereocenters. The molecule has 2 aliphatic heterocycles. The maximum absolute atomic E-state index is 12.5. The van der Waals surface area contributed by atoms with Gasteiger partial charge < -0.3 is 4.90 Å². The Morgan fingerprint density at radius 3 is 3.00 bits per heavy atom. The van der Waals surface area contributed by atoms with E-state index < -0.39 is 0 Å². The molecule has 1 saturated heterocycles. The van der Waals surface area contributed by atoms with Gasteiger partial charge in [-0.3, -0.25) is 4.79 Å². The molecular formula is C14H16BrNOS. The molecule has 2 nitrogen and oxygen atoms in total. The standard InChI is InChI=1S/C14H16BrNOS/c15-8-10-5-6-16(9-10)14(17)13-7-11-3-1-2-4-12(11)18-13/h1-4,10,13H,5-9H2. The number of thioether (sulfide) groups is 1. The second-order valence-electron chi connectivity index (χ2n) is 5.01. The zero-order valence-electron chi connectivity index (χ0n) is 10.1. The predicted molar refractivity (Wildman–Crippen MR) is 78.3 cm³/mol. The molecule has 0 N–H and O–H groups in total. The second-order valence-corrected chi connectivity index (χ2v) is 6.90. The molecule has 3 rings (SSSR count). The number of hydrogen-bond donors (Lipinski definition) is 0. The van der Waals surface area contributed by atoms with Gasteiger partial charge in [0.25, 0.3) is 0 Å². The number of hydrogen-bond acceptors (Lipinski definition) is 2. The highest BCUT2D eigenvalue weighted by Gasteiger charge is 2.34. The Balaban J connectivity index is 1.66. The van der Waals surface area contributed by atoms with Crippen molar-refractivity contribution in [3.05, 3.63) is 29.8 Å². The summed E-state index contributed by atoms with van der Waals surface area (Å²) < 4.78 is 0. The zero-order chi connectivity index (χ0) is 12.5. The van der Waals surface area contributed by atoms with Crippen molar-refractivity contribution in [3.63, 3.8) is 0 Å². The molecule has 0 bridgehead atoms. The van der Waals surface area contributed by atoms with Crippen molar-refractivity contribution in [2.75, 3.05) is 18.4 Å². The summed E-state index contributed by atoms with van der Waals surface area (Å²) in [4.78, 5) is 15.8. The Bertz CT molecular complexity index is 440. The highest BCUT2D eigenvalue weighted by atomic mass is 79.9. The van der Waals surface area contributed by atoms with Crippen LogP contribution in [0, 0.1) is 5.92 Å². The smallest absolute Gasteiger partial charge is 0.236 e. The lowest BCUT2D eigenvalue weighted by Crippen LogP contribution is -2.36. The third-order valence-electron chi connectivity index (χ3n) is 3.74. The normalized spacial score (nSPS) is 26.4. The minimum atomic E-state index is 0.108. The molecule has 0 radical (unpaired) electrons. The Morgan fingerprint density at radius 2 is 2.28 bits per heavy atom. The molecule has 2 unspecified atom stereocenters. The summed E-state index contributed by atoms with van der Waals surface area (Å²) in [6.45, 7) is 1.86. The highest BCUT2D eigenvalue weighted by Crippen LogP contribution is 2.38. The van der Waals surface area contributed by atoms with Crippen molar-refractivity contribution in [2.45, 2.75) is 23.0 Å². The van der Waals surface area contributed by atoms with Gasteiger partial charge in [-0.1, -0.05) is 34.1 Å². The first-order valence-corrected chi connectivity index (χ1v) is 8.37. The number of rotatable bonds is 2. The monoisotopic (exact) mass is 325 g/mol. The fourth-order valence-corrected chi connectivity index (χ4v) is 4.49. The third-order valence-corrected chi connectivity index (χ3v) is 5.96. The molecule has 0 aromatic heterocycles. The number of halogens is 1. The molecule has 96 valence electrons. The van der Waals surface area contributed by atoms with Crippen LogP contribution in [0.5, 0.6) is 0 Å². The summed E-state index contributed by atoms with van der Waals surface area (Å²) in [6, 6.07) is 8.37. The third kappa shape index (κ3) is 2.32. The molecule has 1 aromatic carbocycles. The maximum Gasteiger partial charge on any atom is 0.236 e. The number of nitrogens with zero attached hydrogens (tertiary/aromatic N) is 1. The van der Waals surface area contributed by atoms with E-state index >= 15 is 0 Å². The number of carbonyl (C=O) groups excluding carboxylic acids is 1. The van der Waals surface area contributed by atoms with Gasteiger partial charge in [0, 0.05) is 23.3 Å². The van der Waals surface area contributed by atoms with E-state index in [1.165, 1.54) is 10.5 Å². The van der Waals surface area contributed by atoms with Gasteiger partial charge in [-0.2, -0.15) is 0 Å². The zero-order valence-corrected chi connectivity index (χ0v) is 12.5. The first-order chi connectivity index (χ1) is 8.78. The molecule has 4 heteroatoms. The number of likely N-dealkylation sites (tertiary alicyclic amines) is 1. The molecule has 0 aliphatic carbocycles. The Morgan fingerprint density at radius 1 is 1.44 bits per heavy atom. The van der Waals surface area contributed by atoms with Gasteiger partial charge in [-0.15, -0.1) is 11.8 Å². The van der Waals surface area contributed by atoms with E-state index in [1.807, 2.05) is 0 Å². The molecule has 2 heterocycles. The van der Waals surface area contributed by atoms with Crippen molar-refractivity contribution < 1.29 is 4.79 Å². The van der Waals surface area contributed by atoms with E-state index in [0.717, 1.165) is 31.3 Å². The molecule has 1 fully saturated rings. The number of fused-ring (bicyclic) bond motifs is 1. The lowest BCUT2D eigenvalue weighted by atomic mass is 10.1. The van der Waals surface area contributed by atoms with Gasteiger partial charge in [0.05, 0.1) is 5.25 Å². The van der Waals surface area contributed by atoms with E-state index in [2.05, 4.69) is 45.1 Å². The molecule has 1 amide bonds. The SMILES string of the molecule is O=C(C1Cc2ccccc2S1)N1CCC(CBr)C1. The first kappa shape index (κ1) is 12.5. The Kier molecular flexibility index (Phi) is 3.66. The van der Waals surface area contributed by atoms with Crippen molar-refractivity contribution in [3.8, 4) is 0 Å². The number of benzene rings is 1. The molecule has 0 spiro atoms. The molecule has 0 saturated carbocycles. The van der Waals surface area contributed by atoms with E-state index in [4.69, 9.17) is 0 Å². The molecule has 1 aromatic rings. The summed E-state index contributed by atoms with van der Waals surface area (Å²) in [5, 5.41) is 1.12. The predicted octanol–water partition coefficient (Wildman–Crippen LogP) is 2.95. The molecular weight excluding hydrogens is 310 g/mol. The van der Waals surface area contributed by atoms with Gasteiger partial charge in [0.15, 0.2) is 0 Å². The van der Waals surface area contributed by atoms with Crippen molar-refractivity contribution in [2.24, 2.45) is 5.92 Å². The number of amides is 1. The van der Waals surface area contributed by atoms with Crippen LogP contribution in [0.1, 0.15) is 12.0 Å². The van der Waals surface area contributed by atoms with Gasteiger partial charge in [-0.25, -0.2) is 0 Å². The first-order valence-electron chi connectivity index (χ1n) is 6.37. The summed E-state index contributed by atoms with van der Waals surface area (Å²) in [5.74, 6) is 0.974. The maximum atomic E-state index is 12.5.